The fourth-order valence-electron chi connectivity index (χ4n) is 3.10. The van der Waals surface area contributed by atoms with Crippen molar-refractivity contribution in [3.05, 3.63) is 0 Å². The second-order valence-electron chi connectivity index (χ2n) is 5.50. The first kappa shape index (κ1) is 13.5. The van der Waals surface area contributed by atoms with E-state index in [1.165, 1.54) is 19.3 Å². The molecule has 1 unspecified atom stereocenters. The van der Waals surface area contributed by atoms with Crippen molar-refractivity contribution >= 4 is 5.97 Å². The van der Waals surface area contributed by atoms with Crippen LogP contribution in [0.3, 0.4) is 0 Å². The summed E-state index contributed by atoms with van der Waals surface area (Å²) in [5.74, 6) is 1.54. The fourth-order valence-corrected chi connectivity index (χ4v) is 3.10. The molecule has 0 aromatic heterocycles. The Hall–Kier alpha value is -0.530. The predicted octanol–water partition coefficient (Wildman–Crippen LogP) is 3.95. The molecule has 1 saturated carbocycles. The van der Waals surface area contributed by atoms with Crippen molar-refractivity contribution < 1.29 is 9.90 Å². The molecule has 1 aliphatic rings. The molecule has 0 saturated heterocycles. The van der Waals surface area contributed by atoms with Crippen LogP contribution < -0.4 is 0 Å². The zero-order chi connectivity index (χ0) is 12.1. The molecule has 0 aromatic carbocycles. The normalized spacial score (nSPS) is 27.2. The van der Waals surface area contributed by atoms with Crippen LogP contribution in [0.15, 0.2) is 0 Å². The maximum absolute atomic E-state index is 10.9. The average Bonchev–Trinajstić information content (AvgIpc) is 2.74. The first-order valence-electron chi connectivity index (χ1n) is 6.81. The maximum atomic E-state index is 10.9. The molecule has 94 valence electrons. The van der Waals surface area contributed by atoms with Crippen LogP contribution in [0.5, 0.6) is 0 Å². The summed E-state index contributed by atoms with van der Waals surface area (Å²) in [7, 11) is 0. The van der Waals surface area contributed by atoms with Gasteiger partial charge in [-0.15, -0.1) is 0 Å². The second kappa shape index (κ2) is 6.27. The van der Waals surface area contributed by atoms with E-state index in [1.807, 2.05) is 0 Å². The topological polar surface area (TPSA) is 37.3 Å². The molecule has 1 N–H and O–H groups in total. The molecule has 2 heteroatoms. The SMILES string of the molecule is CCC(CC)C[C@H](C)[C@H]1CCC(C(=O)O)C1. The lowest BCUT2D eigenvalue weighted by molar-refractivity contribution is -0.141. The van der Waals surface area contributed by atoms with E-state index >= 15 is 0 Å². The number of aliphatic carboxylic acids is 1. The van der Waals surface area contributed by atoms with Gasteiger partial charge in [-0.2, -0.15) is 0 Å². The van der Waals surface area contributed by atoms with Gasteiger partial charge in [-0.05, 0) is 43.4 Å². The molecule has 0 aliphatic heterocycles. The molecule has 1 aliphatic carbocycles. The highest BCUT2D eigenvalue weighted by Crippen LogP contribution is 2.38. The molecule has 3 atom stereocenters. The lowest BCUT2D eigenvalue weighted by Crippen LogP contribution is -2.15. The van der Waals surface area contributed by atoms with E-state index in [-0.39, 0.29) is 5.92 Å². The Bertz CT molecular complexity index is 221. The minimum atomic E-state index is -0.586. The Balaban J connectivity index is 2.38. The monoisotopic (exact) mass is 226 g/mol. The van der Waals surface area contributed by atoms with Crippen LogP contribution in [-0.4, -0.2) is 11.1 Å². The number of carboxylic acid groups (broad SMARTS) is 1. The number of carbonyl (C=O) groups is 1. The molecule has 1 rings (SSSR count). The third-order valence-corrected chi connectivity index (χ3v) is 4.49. The van der Waals surface area contributed by atoms with Gasteiger partial charge >= 0.3 is 5.97 Å². The lowest BCUT2D eigenvalue weighted by atomic mass is 9.82. The Morgan fingerprint density at radius 2 is 1.94 bits per heavy atom. The zero-order valence-corrected chi connectivity index (χ0v) is 10.9. The van der Waals surface area contributed by atoms with Crippen molar-refractivity contribution in [2.24, 2.45) is 23.7 Å². The average molecular weight is 226 g/mol. The molecule has 16 heavy (non-hydrogen) atoms. The van der Waals surface area contributed by atoms with Gasteiger partial charge in [0.1, 0.15) is 0 Å². The maximum Gasteiger partial charge on any atom is 0.306 e. The fraction of sp³-hybridized carbons (Fsp3) is 0.929. The van der Waals surface area contributed by atoms with Gasteiger partial charge in [0.2, 0.25) is 0 Å². The van der Waals surface area contributed by atoms with Crippen molar-refractivity contribution in [3.63, 3.8) is 0 Å². The van der Waals surface area contributed by atoms with E-state index in [4.69, 9.17) is 5.11 Å². The highest BCUT2D eigenvalue weighted by Gasteiger charge is 2.32. The van der Waals surface area contributed by atoms with Crippen LogP contribution in [-0.2, 0) is 4.79 Å². The van der Waals surface area contributed by atoms with E-state index in [0.29, 0.717) is 11.8 Å². The van der Waals surface area contributed by atoms with Crippen molar-refractivity contribution in [2.45, 2.75) is 59.3 Å². The van der Waals surface area contributed by atoms with Gasteiger partial charge in [0, 0.05) is 0 Å². The Morgan fingerprint density at radius 1 is 1.31 bits per heavy atom. The van der Waals surface area contributed by atoms with Crippen LogP contribution in [0.4, 0.5) is 0 Å². The van der Waals surface area contributed by atoms with Crippen LogP contribution in [0.25, 0.3) is 0 Å². The molecule has 0 spiro atoms. The molecule has 0 heterocycles. The summed E-state index contributed by atoms with van der Waals surface area (Å²) in [6.45, 7) is 6.83. The van der Waals surface area contributed by atoms with Crippen LogP contribution in [0.2, 0.25) is 0 Å². The van der Waals surface area contributed by atoms with E-state index < -0.39 is 5.97 Å². The Kier molecular flexibility index (Phi) is 5.30. The predicted molar refractivity (Wildman–Crippen MR) is 66.3 cm³/mol. The molecule has 0 radical (unpaired) electrons. The third-order valence-electron chi connectivity index (χ3n) is 4.49. The quantitative estimate of drug-likeness (QED) is 0.744. The van der Waals surface area contributed by atoms with Gasteiger partial charge in [-0.25, -0.2) is 0 Å². The van der Waals surface area contributed by atoms with E-state index in [9.17, 15) is 4.79 Å². The summed E-state index contributed by atoms with van der Waals surface area (Å²) >= 11 is 0. The van der Waals surface area contributed by atoms with Crippen LogP contribution >= 0.6 is 0 Å². The summed E-state index contributed by atoms with van der Waals surface area (Å²) < 4.78 is 0. The summed E-state index contributed by atoms with van der Waals surface area (Å²) in [6.07, 6.45) is 6.73. The van der Waals surface area contributed by atoms with E-state index in [2.05, 4.69) is 20.8 Å². The number of carboxylic acids is 1. The van der Waals surface area contributed by atoms with Crippen molar-refractivity contribution in [2.75, 3.05) is 0 Å². The molecule has 0 bridgehead atoms. The largest absolute Gasteiger partial charge is 0.481 e. The van der Waals surface area contributed by atoms with Gasteiger partial charge in [0.25, 0.3) is 0 Å². The minimum Gasteiger partial charge on any atom is -0.481 e. The summed E-state index contributed by atoms with van der Waals surface area (Å²) in [4.78, 5) is 10.9. The molecular weight excluding hydrogens is 200 g/mol. The number of hydrogen-bond acceptors (Lipinski definition) is 1. The van der Waals surface area contributed by atoms with Gasteiger partial charge in [0.15, 0.2) is 0 Å². The van der Waals surface area contributed by atoms with Crippen LogP contribution in [0, 0.1) is 23.7 Å². The van der Waals surface area contributed by atoms with Crippen molar-refractivity contribution in [1.82, 2.24) is 0 Å². The third kappa shape index (κ3) is 3.50. The highest BCUT2D eigenvalue weighted by atomic mass is 16.4. The first-order chi connectivity index (χ1) is 7.58. The Labute approximate surface area is 99.4 Å². The number of rotatable bonds is 6. The Morgan fingerprint density at radius 3 is 2.38 bits per heavy atom. The minimum absolute atomic E-state index is 0.0610. The van der Waals surface area contributed by atoms with Gasteiger partial charge < -0.3 is 5.11 Å². The standard InChI is InChI=1S/C14H26O2/c1-4-11(5-2)8-10(3)12-6-7-13(9-12)14(15)16/h10-13H,4-9H2,1-3H3,(H,15,16)/t10-,12-,13?/m0/s1. The lowest BCUT2D eigenvalue weighted by Gasteiger charge is -2.23. The van der Waals surface area contributed by atoms with Crippen molar-refractivity contribution in [3.8, 4) is 0 Å². The summed E-state index contributed by atoms with van der Waals surface area (Å²) in [6, 6.07) is 0. The molecule has 1 fully saturated rings. The molecular formula is C14H26O2. The van der Waals surface area contributed by atoms with Gasteiger partial charge in [-0.3, -0.25) is 4.79 Å². The molecule has 2 nitrogen and oxygen atoms in total. The van der Waals surface area contributed by atoms with E-state index in [1.54, 1.807) is 0 Å². The summed E-state index contributed by atoms with van der Waals surface area (Å²) in [5.41, 5.74) is 0. The van der Waals surface area contributed by atoms with E-state index in [0.717, 1.165) is 25.2 Å². The van der Waals surface area contributed by atoms with Gasteiger partial charge in [-0.1, -0.05) is 33.6 Å². The second-order valence-corrected chi connectivity index (χ2v) is 5.50. The van der Waals surface area contributed by atoms with Gasteiger partial charge in [0.05, 0.1) is 5.92 Å². The smallest absolute Gasteiger partial charge is 0.306 e. The molecule has 0 amide bonds. The number of hydrogen-bond donors (Lipinski definition) is 1. The molecule has 0 aromatic rings. The first-order valence-corrected chi connectivity index (χ1v) is 6.81. The highest BCUT2D eigenvalue weighted by molar-refractivity contribution is 5.70. The van der Waals surface area contributed by atoms with Crippen molar-refractivity contribution in [1.29, 1.82) is 0 Å². The van der Waals surface area contributed by atoms with Crippen LogP contribution in [0.1, 0.15) is 59.3 Å². The zero-order valence-electron chi connectivity index (χ0n) is 10.9. The summed E-state index contributed by atoms with van der Waals surface area (Å²) in [5, 5.41) is 8.99.